The van der Waals surface area contributed by atoms with Crippen molar-refractivity contribution in [2.75, 3.05) is 0 Å². The summed E-state index contributed by atoms with van der Waals surface area (Å²) in [7, 11) is -3.97. The van der Waals surface area contributed by atoms with Gasteiger partial charge in [0.25, 0.3) is 11.1 Å². The first-order valence-corrected chi connectivity index (χ1v) is 6.85. The summed E-state index contributed by atoms with van der Waals surface area (Å²) >= 11 is 0.398. The van der Waals surface area contributed by atoms with Crippen LogP contribution in [0.5, 0.6) is 0 Å². The smallest absolute Gasteiger partial charge is 0.285 e. The summed E-state index contributed by atoms with van der Waals surface area (Å²) in [6.07, 6.45) is 0. The number of amides is 2. The lowest BCUT2D eigenvalue weighted by Crippen LogP contribution is -2.30. The number of thioether (sulfide) groups is 1. The fourth-order valence-corrected chi connectivity index (χ4v) is 4.02. The molecule has 0 saturated carbocycles. The summed E-state index contributed by atoms with van der Waals surface area (Å²) < 4.78 is 35.0. The minimum atomic E-state index is -3.97. The number of sulfone groups is 1. The lowest BCUT2D eigenvalue weighted by atomic mass is 10.4. The Morgan fingerprint density at radius 1 is 1.18 bits per heavy atom. The first-order chi connectivity index (χ1) is 7.91. The van der Waals surface area contributed by atoms with Crippen molar-refractivity contribution in [2.24, 2.45) is 0 Å². The average Bonchev–Trinajstić information content (AvgIpc) is 2.59. The van der Waals surface area contributed by atoms with Crippen LogP contribution in [0.4, 0.5) is 9.18 Å². The summed E-state index contributed by atoms with van der Waals surface area (Å²) in [5, 5.41) is 1.18. The van der Waals surface area contributed by atoms with Gasteiger partial charge in [-0.1, -0.05) is 0 Å². The second kappa shape index (κ2) is 4.11. The van der Waals surface area contributed by atoms with Crippen molar-refractivity contribution in [1.82, 2.24) is 5.32 Å². The summed E-state index contributed by atoms with van der Waals surface area (Å²) in [4.78, 5) is 22.0. The fourth-order valence-electron chi connectivity index (χ4n) is 1.29. The number of halogens is 1. The molecule has 0 spiro atoms. The van der Waals surface area contributed by atoms with Crippen LogP contribution in [0, 0.1) is 5.82 Å². The highest BCUT2D eigenvalue weighted by Gasteiger charge is 2.42. The van der Waals surface area contributed by atoms with Crippen molar-refractivity contribution < 1.29 is 22.4 Å². The van der Waals surface area contributed by atoms with E-state index in [0.29, 0.717) is 11.8 Å². The van der Waals surface area contributed by atoms with Crippen LogP contribution in [0.2, 0.25) is 0 Å². The van der Waals surface area contributed by atoms with Crippen LogP contribution < -0.4 is 5.32 Å². The summed E-state index contributed by atoms with van der Waals surface area (Å²) in [6, 6.07) is 4.07. The third-order valence-electron chi connectivity index (χ3n) is 2.08. The van der Waals surface area contributed by atoms with Gasteiger partial charge in [-0.2, -0.15) is 0 Å². The van der Waals surface area contributed by atoms with Gasteiger partial charge in [0.2, 0.25) is 0 Å². The summed E-state index contributed by atoms with van der Waals surface area (Å²) in [5.74, 6) is -1.45. The molecule has 1 aromatic carbocycles. The van der Waals surface area contributed by atoms with E-state index in [4.69, 9.17) is 0 Å². The molecular formula is C9H6FNO4S2. The van der Waals surface area contributed by atoms with Crippen molar-refractivity contribution in [3.8, 4) is 0 Å². The van der Waals surface area contributed by atoms with Crippen molar-refractivity contribution in [2.45, 2.75) is 9.48 Å². The second-order valence-corrected chi connectivity index (χ2v) is 6.63. The van der Waals surface area contributed by atoms with E-state index >= 15 is 0 Å². The molecule has 8 heteroatoms. The summed E-state index contributed by atoms with van der Waals surface area (Å²) in [6.45, 7) is 0. The van der Waals surface area contributed by atoms with E-state index in [1.165, 1.54) is 0 Å². The van der Waals surface area contributed by atoms with E-state index in [1.54, 1.807) is 0 Å². The van der Waals surface area contributed by atoms with Crippen LogP contribution in [0.25, 0.3) is 0 Å². The standard InChI is InChI=1S/C9H6FNO4S2/c10-5-1-3-6(4-2-5)17(14,15)8-7(12)11-9(13)16-8/h1-4,8H,(H,11,12,13). The molecule has 1 aromatic rings. The Labute approximate surface area is 100 Å². The van der Waals surface area contributed by atoms with Crippen LogP contribution in [0.3, 0.4) is 0 Å². The van der Waals surface area contributed by atoms with Gasteiger partial charge < -0.3 is 0 Å². The van der Waals surface area contributed by atoms with E-state index in [2.05, 4.69) is 0 Å². The first kappa shape index (κ1) is 12.1. The van der Waals surface area contributed by atoms with Gasteiger partial charge in [0, 0.05) is 0 Å². The number of carbonyl (C=O) groups is 2. The van der Waals surface area contributed by atoms with E-state index in [9.17, 15) is 22.4 Å². The van der Waals surface area contributed by atoms with Crippen LogP contribution in [-0.2, 0) is 14.6 Å². The molecule has 1 saturated heterocycles. The lowest BCUT2D eigenvalue weighted by Gasteiger charge is -2.07. The molecule has 1 unspecified atom stereocenters. The zero-order chi connectivity index (χ0) is 12.6. The summed E-state index contributed by atoms with van der Waals surface area (Å²) in [5.41, 5.74) is 0. The molecule has 1 aliphatic heterocycles. The number of carbonyl (C=O) groups excluding carboxylic acids is 2. The van der Waals surface area contributed by atoms with Crippen LogP contribution in [0.15, 0.2) is 29.2 Å². The Morgan fingerprint density at radius 3 is 2.24 bits per heavy atom. The number of hydrogen-bond acceptors (Lipinski definition) is 5. The van der Waals surface area contributed by atoms with Gasteiger partial charge in [0.15, 0.2) is 14.4 Å². The Hall–Kier alpha value is -1.41. The molecule has 5 nitrogen and oxygen atoms in total. The quantitative estimate of drug-likeness (QED) is 0.811. The predicted octanol–water partition coefficient (Wildman–Crippen LogP) is 0.908. The van der Waals surface area contributed by atoms with E-state index in [0.717, 1.165) is 24.3 Å². The molecule has 2 amide bonds. The SMILES string of the molecule is O=C1NC(=O)C(S(=O)(=O)c2ccc(F)cc2)S1. The Kier molecular flexibility index (Phi) is 2.92. The largest absolute Gasteiger partial charge is 0.287 e. The van der Waals surface area contributed by atoms with Crippen LogP contribution in [-0.4, -0.2) is 24.1 Å². The van der Waals surface area contributed by atoms with Gasteiger partial charge in [-0.05, 0) is 36.0 Å². The maximum Gasteiger partial charge on any atom is 0.287 e. The molecule has 1 heterocycles. The number of hydrogen-bond donors (Lipinski definition) is 1. The molecule has 0 aliphatic carbocycles. The molecule has 17 heavy (non-hydrogen) atoms. The molecule has 2 rings (SSSR count). The van der Waals surface area contributed by atoms with E-state index in [-0.39, 0.29) is 4.90 Å². The molecular weight excluding hydrogens is 269 g/mol. The van der Waals surface area contributed by atoms with Crippen molar-refractivity contribution >= 4 is 32.7 Å². The monoisotopic (exact) mass is 275 g/mol. The molecule has 1 fully saturated rings. The molecule has 1 N–H and O–H groups in total. The molecule has 90 valence electrons. The predicted molar refractivity (Wildman–Crippen MR) is 58.5 cm³/mol. The molecule has 0 radical (unpaired) electrons. The van der Waals surface area contributed by atoms with Gasteiger partial charge in [0.1, 0.15) is 5.82 Å². The van der Waals surface area contributed by atoms with Gasteiger partial charge in [-0.15, -0.1) is 0 Å². The minimum Gasteiger partial charge on any atom is -0.285 e. The average molecular weight is 275 g/mol. The number of rotatable bonds is 2. The van der Waals surface area contributed by atoms with Gasteiger partial charge in [0.05, 0.1) is 4.90 Å². The zero-order valence-electron chi connectivity index (χ0n) is 8.21. The normalized spacial score (nSPS) is 20.4. The van der Waals surface area contributed by atoms with E-state index < -0.39 is 31.4 Å². The number of nitrogens with one attached hydrogen (secondary N) is 1. The van der Waals surface area contributed by atoms with Crippen LogP contribution in [0.1, 0.15) is 0 Å². The highest BCUT2D eigenvalue weighted by Crippen LogP contribution is 2.29. The molecule has 1 aliphatic rings. The van der Waals surface area contributed by atoms with Crippen LogP contribution >= 0.6 is 11.8 Å². The maximum absolute atomic E-state index is 12.7. The van der Waals surface area contributed by atoms with Gasteiger partial charge in [-0.25, -0.2) is 12.8 Å². The first-order valence-electron chi connectivity index (χ1n) is 4.42. The lowest BCUT2D eigenvalue weighted by molar-refractivity contribution is -0.117. The topological polar surface area (TPSA) is 80.3 Å². The molecule has 0 aromatic heterocycles. The highest BCUT2D eigenvalue weighted by molar-refractivity contribution is 8.24. The van der Waals surface area contributed by atoms with Crippen molar-refractivity contribution in [3.05, 3.63) is 30.1 Å². The Bertz CT molecular complexity index is 582. The fraction of sp³-hybridized carbons (Fsp3) is 0.111. The van der Waals surface area contributed by atoms with Crippen molar-refractivity contribution in [3.63, 3.8) is 0 Å². The minimum absolute atomic E-state index is 0.193. The highest BCUT2D eigenvalue weighted by atomic mass is 32.3. The van der Waals surface area contributed by atoms with Gasteiger partial charge in [-0.3, -0.25) is 14.9 Å². The maximum atomic E-state index is 12.7. The second-order valence-electron chi connectivity index (χ2n) is 3.23. The molecule has 1 atom stereocenters. The third kappa shape index (κ3) is 2.18. The van der Waals surface area contributed by atoms with Crippen molar-refractivity contribution in [1.29, 1.82) is 0 Å². The van der Waals surface area contributed by atoms with Gasteiger partial charge >= 0.3 is 0 Å². The zero-order valence-corrected chi connectivity index (χ0v) is 9.85. The van der Waals surface area contributed by atoms with E-state index in [1.807, 2.05) is 5.32 Å². The number of imide groups is 1. The number of benzene rings is 1. The Balaban J connectivity index is 2.40. The molecule has 0 bridgehead atoms. The Morgan fingerprint density at radius 2 is 1.76 bits per heavy atom. The third-order valence-corrected chi connectivity index (χ3v) is 5.58.